The molecule has 0 amide bonds. The van der Waals surface area contributed by atoms with Crippen LogP contribution in [0.15, 0.2) is 0 Å². The average molecular weight is 183 g/mol. The first-order chi connectivity index (χ1) is 6.38. The van der Waals surface area contributed by atoms with Crippen LogP contribution in [0.3, 0.4) is 0 Å². The van der Waals surface area contributed by atoms with E-state index < -0.39 is 0 Å². The van der Waals surface area contributed by atoms with E-state index in [1.165, 1.54) is 45.2 Å². The number of hydrogen-bond donors (Lipinski definition) is 0. The van der Waals surface area contributed by atoms with Crippen LogP contribution < -0.4 is 0 Å². The van der Waals surface area contributed by atoms with Crippen LogP contribution in [0.25, 0.3) is 0 Å². The third-order valence-corrected chi connectivity index (χ3v) is 3.43. The summed E-state index contributed by atoms with van der Waals surface area (Å²) in [7, 11) is 0. The van der Waals surface area contributed by atoms with Crippen LogP contribution in [0.5, 0.6) is 0 Å². The maximum Gasteiger partial charge on any atom is 0.0121 e. The molecule has 13 heavy (non-hydrogen) atoms. The fraction of sp³-hybridized carbons (Fsp3) is 1.00. The molecule has 0 spiro atoms. The lowest BCUT2D eigenvalue weighted by atomic mass is 10.1. The predicted molar refractivity (Wildman–Crippen MR) is 59.0 cm³/mol. The summed E-state index contributed by atoms with van der Waals surface area (Å²) in [5.41, 5.74) is 0. The van der Waals surface area contributed by atoms with E-state index in [9.17, 15) is 0 Å². The van der Waals surface area contributed by atoms with E-state index in [4.69, 9.17) is 0 Å². The van der Waals surface area contributed by atoms with Gasteiger partial charge in [-0.15, -0.1) is 0 Å². The highest BCUT2D eigenvalue weighted by Gasteiger charge is 2.29. The van der Waals surface area contributed by atoms with Crippen molar-refractivity contribution in [1.82, 2.24) is 4.90 Å². The second-order valence-electron chi connectivity index (χ2n) is 4.22. The van der Waals surface area contributed by atoms with Gasteiger partial charge in [-0.3, -0.25) is 0 Å². The number of rotatable bonds is 1. The Morgan fingerprint density at radius 1 is 0.923 bits per heavy atom. The van der Waals surface area contributed by atoms with Gasteiger partial charge in [-0.25, -0.2) is 0 Å². The Morgan fingerprint density at radius 2 is 1.54 bits per heavy atom. The molecule has 1 aliphatic carbocycles. The molecule has 2 fully saturated rings. The molecule has 0 aromatic heterocycles. The maximum absolute atomic E-state index is 2.72. The highest BCUT2D eigenvalue weighted by atomic mass is 15.2. The maximum atomic E-state index is 2.72. The Hall–Kier alpha value is -0.0400. The van der Waals surface area contributed by atoms with Crippen molar-refractivity contribution in [2.45, 2.75) is 58.9 Å². The molecule has 1 saturated heterocycles. The van der Waals surface area contributed by atoms with Crippen LogP contribution in [0.1, 0.15) is 52.9 Å². The van der Waals surface area contributed by atoms with E-state index >= 15 is 0 Å². The second-order valence-corrected chi connectivity index (χ2v) is 4.22. The summed E-state index contributed by atoms with van der Waals surface area (Å²) < 4.78 is 0. The molecule has 0 aromatic carbocycles. The van der Waals surface area contributed by atoms with Crippen LogP contribution >= 0.6 is 0 Å². The van der Waals surface area contributed by atoms with Crippen molar-refractivity contribution in [3.8, 4) is 0 Å². The van der Waals surface area contributed by atoms with Crippen molar-refractivity contribution in [3.05, 3.63) is 0 Å². The molecule has 1 saturated carbocycles. The molecule has 2 rings (SSSR count). The zero-order valence-electron chi connectivity index (χ0n) is 9.55. The Labute approximate surface area is 83.5 Å². The molecule has 1 heterocycles. The van der Waals surface area contributed by atoms with Gasteiger partial charge in [0.2, 0.25) is 0 Å². The largest absolute Gasteiger partial charge is 0.300 e. The number of nitrogens with zero attached hydrogens (tertiary/aromatic N) is 1. The Kier molecular flexibility index (Phi) is 4.79. The summed E-state index contributed by atoms with van der Waals surface area (Å²) in [6, 6.07) is 0.956. The van der Waals surface area contributed by atoms with Gasteiger partial charge < -0.3 is 4.90 Å². The summed E-state index contributed by atoms with van der Waals surface area (Å²) in [5.74, 6) is 0.980. The highest BCUT2D eigenvalue weighted by molar-refractivity contribution is 4.84. The summed E-state index contributed by atoms with van der Waals surface area (Å²) in [4.78, 5) is 2.72. The quantitative estimate of drug-likeness (QED) is 0.603. The van der Waals surface area contributed by atoms with Gasteiger partial charge in [0.25, 0.3) is 0 Å². The SMILES string of the molecule is CC.CC1CCCC1N1CCCC1. The molecule has 1 heteroatoms. The monoisotopic (exact) mass is 183 g/mol. The number of hydrogen-bond acceptors (Lipinski definition) is 1. The first-order valence-corrected chi connectivity index (χ1v) is 6.12. The van der Waals surface area contributed by atoms with Gasteiger partial charge in [-0.1, -0.05) is 27.2 Å². The minimum atomic E-state index is 0.956. The van der Waals surface area contributed by atoms with Gasteiger partial charge in [0.05, 0.1) is 0 Å². The Bertz CT molecular complexity index is 127. The number of likely N-dealkylation sites (tertiary alicyclic amines) is 1. The lowest BCUT2D eigenvalue weighted by Crippen LogP contribution is -2.34. The van der Waals surface area contributed by atoms with Crippen molar-refractivity contribution in [2.75, 3.05) is 13.1 Å². The molecule has 2 unspecified atom stereocenters. The summed E-state index contributed by atoms with van der Waals surface area (Å²) in [5, 5.41) is 0. The van der Waals surface area contributed by atoms with E-state index in [2.05, 4.69) is 11.8 Å². The standard InChI is InChI=1S/C10H19N.C2H6/c1-9-5-4-6-10(9)11-7-2-3-8-11;1-2/h9-10H,2-8H2,1H3;1-2H3. The fourth-order valence-electron chi connectivity index (χ4n) is 2.74. The van der Waals surface area contributed by atoms with Crippen LogP contribution in [0.2, 0.25) is 0 Å². The molecule has 78 valence electrons. The summed E-state index contributed by atoms with van der Waals surface area (Å²) in [6.07, 6.45) is 7.32. The van der Waals surface area contributed by atoms with E-state index in [-0.39, 0.29) is 0 Å². The molecule has 0 aromatic rings. The normalized spacial score (nSPS) is 34.4. The lowest BCUT2D eigenvalue weighted by Gasteiger charge is -2.26. The zero-order valence-corrected chi connectivity index (χ0v) is 9.55. The fourth-order valence-corrected chi connectivity index (χ4v) is 2.74. The average Bonchev–Trinajstić information content (AvgIpc) is 2.77. The van der Waals surface area contributed by atoms with Gasteiger partial charge in [0, 0.05) is 6.04 Å². The van der Waals surface area contributed by atoms with Gasteiger partial charge in [0.15, 0.2) is 0 Å². The molecule has 0 N–H and O–H groups in total. The van der Waals surface area contributed by atoms with Crippen molar-refractivity contribution >= 4 is 0 Å². The third kappa shape index (κ3) is 2.70. The van der Waals surface area contributed by atoms with Crippen LogP contribution in [-0.4, -0.2) is 24.0 Å². The zero-order chi connectivity index (χ0) is 9.68. The van der Waals surface area contributed by atoms with Gasteiger partial charge >= 0.3 is 0 Å². The lowest BCUT2D eigenvalue weighted by molar-refractivity contribution is 0.206. The minimum Gasteiger partial charge on any atom is -0.300 e. The van der Waals surface area contributed by atoms with Gasteiger partial charge in [-0.05, 0) is 44.7 Å². The molecule has 0 bridgehead atoms. The summed E-state index contributed by atoms with van der Waals surface area (Å²) in [6.45, 7) is 9.19. The Morgan fingerprint density at radius 3 is 2.00 bits per heavy atom. The van der Waals surface area contributed by atoms with Crippen molar-refractivity contribution in [1.29, 1.82) is 0 Å². The Balaban J connectivity index is 0.000000396. The van der Waals surface area contributed by atoms with E-state index in [0.29, 0.717) is 0 Å². The molecule has 2 aliphatic rings. The van der Waals surface area contributed by atoms with Gasteiger partial charge in [-0.2, -0.15) is 0 Å². The smallest absolute Gasteiger partial charge is 0.0121 e. The molecular formula is C12H25N. The molecular weight excluding hydrogens is 158 g/mol. The second kappa shape index (κ2) is 5.64. The van der Waals surface area contributed by atoms with Crippen LogP contribution in [0, 0.1) is 5.92 Å². The van der Waals surface area contributed by atoms with E-state index in [1.54, 1.807) is 0 Å². The molecule has 2 atom stereocenters. The van der Waals surface area contributed by atoms with E-state index in [0.717, 1.165) is 12.0 Å². The van der Waals surface area contributed by atoms with Crippen molar-refractivity contribution in [2.24, 2.45) is 5.92 Å². The molecule has 0 radical (unpaired) electrons. The third-order valence-electron chi connectivity index (χ3n) is 3.43. The van der Waals surface area contributed by atoms with E-state index in [1.807, 2.05) is 13.8 Å². The van der Waals surface area contributed by atoms with Gasteiger partial charge in [0.1, 0.15) is 0 Å². The topological polar surface area (TPSA) is 3.24 Å². The van der Waals surface area contributed by atoms with Crippen molar-refractivity contribution < 1.29 is 0 Å². The summed E-state index contributed by atoms with van der Waals surface area (Å²) >= 11 is 0. The predicted octanol–water partition coefficient (Wildman–Crippen LogP) is 3.30. The first-order valence-electron chi connectivity index (χ1n) is 6.12. The minimum absolute atomic E-state index is 0.956. The molecule has 1 aliphatic heterocycles. The van der Waals surface area contributed by atoms with Crippen LogP contribution in [0.4, 0.5) is 0 Å². The van der Waals surface area contributed by atoms with Crippen LogP contribution in [-0.2, 0) is 0 Å². The molecule has 1 nitrogen and oxygen atoms in total. The first kappa shape index (κ1) is 11.0. The highest BCUT2D eigenvalue weighted by Crippen LogP contribution is 2.31. The van der Waals surface area contributed by atoms with Crippen molar-refractivity contribution in [3.63, 3.8) is 0 Å².